The normalized spacial score (nSPS) is 19.1. The average Bonchev–Trinajstić information content (AvgIpc) is 3.09. The number of benzene rings is 1. The minimum atomic E-state index is 0.230. The number of rotatable bonds is 3. The first-order chi connectivity index (χ1) is 8.86. The summed E-state index contributed by atoms with van der Waals surface area (Å²) in [4.78, 5) is 4.44. The maximum atomic E-state index is 5.31. The van der Waals surface area contributed by atoms with Crippen molar-refractivity contribution in [2.75, 3.05) is 13.7 Å². The lowest BCUT2D eigenvalue weighted by molar-refractivity contribution is 0.408. The van der Waals surface area contributed by atoms with Crippen LogP contribution in [-0.4, -0.2) is 23.8 Å². The predicted octanol–water partition coefficient (Wildman–Crippen LogP) is 2.17. The van der Waals surface area contributed by atoms with Crippen molar-refractivity contribution < 1.29 is 9.26 Å². The van der Waals surface area contributed by atoms with E-state index in [0.717, 1.165) is 36.5 Å². The molecule has 1 N–H and O–H groups in total. The van der Waals surface area contributed by atoms with E-state index in [-0.39, 0.29) is 6.04 Å². The molecule has 0 saturated carbocycles. The van der Waals surface area contributed by atoms with Gasteiger partial charge in [0, 0.05) is 5.56 Å². The fraction of sp³-hybridized carbons (Fsp3) is 0.385. The first-order valence-corrected chi connectivity index (χ1v) is 6.08. The highest BCUT2D eigenvalue weighted by Crippen LogP contribution is 2.25. The van der Waals surface area contributed by atoms with E-state index in [4.69, 9.17) is 9.26 Å². The molecule has 0 radical (unpaired) electrons. The zero-order valence-corrected chi connectivity index (χ0v) is 10.2. The smallest absolute Gasteiger partial charge is 0.258 e. The molecule has 18 heavy (non-hydrogen) atoms. The van der Waals surface area contributed by atoms with Crippen molar-refractivity contribution in [2.24, 2.45) is 0 Å². The molecule has 1 aromatic heterocycles. The van der Waals surface area contributed by atoms with Crippen LogP contribution in [0.5, 0.6) is 5.75 Å². The van der Waals surface area contributed by atoms with Crippen molar-refractivity contribution in [1.82, 2.24) is 15.5 Å². The Balaban J connectivity index is 1.87. The van der Waals surface area contributed by atoms with E-state index in [1.54, 1.807) is 7.11 Å². The molecule has 94 valence electrons. The molecule has 1 aliphatic heterocycles. The Morgan fingerprint density at radius 2 is 2.39 bits per heavy atom. The Kier molecular flexibility index (Phi) is 2.98. The van der Waals surface area contributed by atoms with Gasteiger partial charge < -0.3 is 14.6 Å². The molecule has 1 fully saturated rings. The van der Waals surface area contributed by atoms with Gasteiger partial charge in [-0.05, 0) is 37.6 Å². The third-order valence-electron chi connectivity index (χ3n) is 3.13. The van der Waals surface area contributed by atoms with Gasteiger partial charge in [-0.3, -0.25) is 0 Å². The second kappa shape index (κ2) is 4.78. The minimum Gasteiger partial charge on any atom is -0.497 e. The Bertz CT molecular complexity index is 533. The molecular formula is C13H15N3O2. The highest BCUT2D eigenvalue weighted by molar-refractivity contribution is 5.55. The van der Waals surface area contributed by atoms with E-state index in [0.29, 0.717) is 5.89 Å². The third kappa shape index (κ3) is 2.09. The van der Waals surface area contributed by atoms with Gasteiger partial charge in [-0.1, -0.05) is 11.2 Å². The van der Waals surface area contributed by atoms with Crippen molar-refractivity contribution in [3.8, 4) is 17.2 Å². The molecular weight excluding hydrogens is 230 g/mol. The molecule has 0 bridgehead atoms. The van der Waals surface area contributed by atoms with Crippen LogP contribution in [-0.2, 0) is 0 Å². The van der Waals surface area contributed by atoms with E-state index in [1.807, 2.05) is 24.3 Å². The molecule has 2 heterocycles. The Hall–Kier alpha value is -1.88. The molecule has 1 aromatic carbocycles. The molecule has 1 atom stereocenters. The number of hydrogen-bond donors (Lipinski definition) is 1. The van der Waals surface area contributed by atoms with Gasteiger partial charge in [-0.25, -0.2) is 0 Å². The Labute approximate surface area is 105 Å². The fourth-order valence-electron chi connectivity index (χ4n) is 2.15. The molecule has 1 aliphatic rings. The third-order valence-corrected chi connectivity index (χ3v) is 3.13. The van der Waals surface area contributed by atoms with Crippen LogP contribution in [0.4, 0.5) is 0 Å². The minimum absolute atomic E-state index is 0.230. The molecule has 0 spiro atoms. The van der Waals surface area contributed by atoms with Gasteiger partial charge in [0.1, 0.15) is 5.75 Å². The van der Waals surface area contributed by atoms with Crippen LogP contribution in [0, 0.1) is 0 Å². The van der Waals surface area contributed by atoms with Gasteiger partial charge in [-0.15, -0.1) is 0 Å². The summed E-state index contributed by atoms with van der Waals surface area (Å²) in [5, 5.41) is 7.39. The topological polar surface area (TPSA) is 60.2 Å². The van der Waals surface area contributed by atoms with Crippen molar-refractivity contribution in [2.45, 2.75) is 18.9 Å². The van der Waals surface area contributed by atoms with E-state index >= 15 is 0 Å². The van der Waals surface area contributed by atoms with Crippen LogP contribution in [0.3, 0.4) is 0 Å². The number of nitrogens with zero attached hydrogens (tertiary/aromatic N) is 2. The summed E-state index contributed by atoms with van der Waals surface area (Å²) >= 11 is 0. The summed E-state index contributed by atoms with van der Waals surface area (Å²) < 4.78 is 10.5. The number of ether oxygens (including phenoxy) is 1. The average molecular weight is 245 g/mol. The van der Waals surface area contributed by atoms with Crippen molar-refractivity contribution in [1.29, 1.82) is 0 Å². The van der Waals surface area contributed by atoms with E-state index in [2.05, 4.69) is 15.5 Å². The molecule has 0 aliphatic carbocycles. The zero-order valence-electron chi connectivity index (χ0n) is 10.2. The molecule has 1 unspecified atom stereocenters. The summed E-state index contributed by atoms with van der Waals surface area (Å²) in [6, 6.07) is 7.85. The van der Waals surface area contributed by atoms with Crippen LogP contribution in [0.1, 0.15) is 24.7 Å². The van der Waals surface area contributed by atoms with Gasteiger partial charge in [0.2, 0.25) is 0 Å². The summed E-state index contributed by atoms with van der Waals surface area (Å²) in [6.07, 6.45) is 2.23. The van der Waals surface area contributed by atoms with E-state index < -0.39 is 0 Å². The number of aromatic nitrogens is 2. The quantitative estimate of drug-likeness (QED) is 0.898. The first kappa shape index (κ1) is 11.2. The fourth-order valence-corrected chi connectivity index (χ4v) is 2.15. The second-order valence-corrected chi connectivity index (χ2v) is 4.34. The second-order valence-electron chi connectivity index (χ2n) is 4.34. The summed E-state index contributed by atoms with van der Waals surface area (Å²) in [5.41, 5.74) is 0.881. The summed E-state index contributed by atoms with van der Waals surface area (Å²) in [6.45, 7) is 1.02. The highest BCUT2D eigenvalue weighted by Gasteiger charge is 2.22. The Morgan fingerprint density at radius 1 is 1.44 bits per heavy atom. The number of hydrogen-bond acceptors (Lipinski definition) is 5. The van der Waals surface area contributed by atoms with E-state index in [9.17, 15) is 0 Å². The molecule has 5 heteroatoms. The van der Waals surface area contributed by atoms with Crippen LogP contribution >= 0.6 is 0 Å². The predicted molar refractivity (Wildman–Crippen MR) is 66.3 cm³/mol. The molecule has 5 nitrogen and oxygen atoms in total. The largest absolute Gasteiger partial charge is 0.497 e. The molecule has 2 aromatic rings. The van der Waals surface area contributed by atoms with Crippen LogP contribution < -0.4 is 10.1 Å². The van der Waals surface area contributed by atoms with E-state index in [1.165, 1.54) is 0 Å². The lowest BCUT2D eigenvalue weighted by Crippen LogP contribution is -2.14. The van der Waals surface area contributed by atoms with Crippen LogP contribution in [0.2, 0.25) is 0 Å². The van der Waals surface area contributed by atoms with Crippen LogP contribution in [0.15, 0.2) is 28.8 Å². The SMILES string of the molecule is COc1cccc(-c2nc(C3CCCN3)no2)c1. The maximum Gasteiger partial charge on any atom is 0.258 e. The van der Waals surface area contributed by atoms with Gasteiger partial charge in [0.15, 0.2) is 5.82 Å². The monoisotopic (exact) mass is 245 g/mol. The molecule has 1 saturated heterocycles. The zero-order chi connectivity index (χ0) is 12.4. The van der Waals surface area contributed by atoms with Gasteiger partial charge in [-0.2, -0.15) is 4.98 Å². The lowest BCUT2D eigenvalue weighted by atomic mass is 10.2. The van der Waals surface area contributed by atoms with Gasteiger partial charge >= 0.3 is 0 Å². The van der Waals surface area contributed by atoms with Crippen molar-refractivity contribution in [3.63, 3.8) is 0 Å². The summed E-state index contributed by atoms with van der Waals surface area (Å²) in [7, 11) is 1.64. The van der Waals surface area contributed by atoms with Crippen LogP contribution in [0.25, 0.3) is 11.5 Å². The first-order valence-electron chi connectivity index (χ1n) is 6.08. The highest BCUT2D eigenvalue weighted by atomic mass is 16.5. The summed E-state index contributed by atoms with van der Waals surface area (Å²) in [5.74, 6) is 2.06. The lowest BCUT2D eigenvalue weighted by Gasteiger charge is -2.02. The van der Waals surface area contributed by atoms with Crippen molar-refractivity contribution >= 4 is 0 Å². The van der Waals surface area contributed by atoms with Crippen molar-refractivity contribution in [3.05, 3.63) is 30.1 Å². The van der Waals surface area contributed by atoms with Gasteiger partial charge in [0.05, 0.1) is 13.2 Å². The molecule has 0 amide bonds. The standard InChI is InChI=1S/C13H15N3O2/c1-17-10-5-2-4-9(8-10)13-15-12(16-18-13)11-6-3-7-14-11/h2,4-5,8,11,14H,3,6-7H2,1H3. The number of nitrogens with one attached hydrogen (secondary N) is 1. The molecule has 3 rings (SSSR count). The maximum absolute atomic E-state index is 5.31. The Morgan fingerprint density at radius 3 is 3.17 bits per heavy atom. The van der Waals surface area contributed by atoms with Gasteiger partial charge in [0.25, 0.3) is 5.89 Å². The number of methoxy groups -OCH3 is 1.